The third kappa shape index (κ3) is 2.93. The number of hydrogen-bond donors (Lipinski definition) is 2. The van der Waals surface area contributed by atoms with Gasteiger partial charge in [0.25, 0.3) is 0 Å². The van der Waals surface area contributed by atoms with Gasteiger partial charge < -0.3 is 10.1 Å². The number of hydrogen-bond acceptors (Lipinski definition) is 3. The number of nitrogens with one attached hydrogen (secondary N) is 1. The van der Waals surface area contributed by atoms with E-state index >= 15 is 0 Å². The molecule has 4 nitrogen and oxygen atoms in total. The van der Waals surface area contributed by atoms with Crippen LogP contribution in [-0.4, -0.2) is 47.0 Å². The number of aliphatic hydroxyl groups is 1. The van der Waals surface area contributed by atoms with Gasteiger partial charge in [-0.1, -0.05) is 0 Å². The van der Waals surface area contributed by atoms with Crippen molar-refractivity contribution in [2.24, 2.45) is 0 Å². The highest BCUT2D eigenvalue weighted by Crippen LogP contribution is 2.11. The van der Waals surface area contributed by atoms with E-state index in [1.54, 1.807) is 0 Å². The third-order valence-corrected chi connectivity index (χ3v) is 2.86. The number of aliphatic hydroxyl groups excluding tert-OH is 1. The molecule has 0 aliphatic carbocycles. The number of rotatable bonds is 5. The van der Waals surface area contributed by atoms with Crippen LogP contribution in [0.2, 0.25) is 0 Å². The fourth-order valence-electron chi connectivity index (χ4n) is 1.62. The molecular formula is C12H20N2O2. The number of likely N-dealkylation sites (N-methyl/N-ethyl adjacent to an activating group) is 1. The largest absolute Gasteiger partial charge is 0.395 e. The van der Waals surface area contributed by atoms with Crippen LogP contribution in [0.15, 0.2) is 6.07 Å². The van der Waals surface area contributed by atoms with Crippen LogP contribution < -0.4 is 0 Å². The lowest BCUT2D eigenvalue weighted by Crippen LogP contribution is -2.36. The van der Waals surface area contributed by atoms with Crippen molar-refractivity contribution in [1.82, 2.24) is 9.88 Å². The van der Waals surface area contributed by atoms with Gasteiger partial charge >= 0.3 is 0 Å². The van der Waals surface area contributed by atoms with Crippen molar-refractivity contribution in [3.63, 3.8) is 0 Å². The molecule has 0 saturated heterocycles. The maximum Gasteiger partial charge on any atom is 0.178 e. The summed E-state index contributed by atoms with van der Waals surface area (Å²) in [5, 5.41) is 8.99. The van der Waals surface area contributed by atoms with Crippen LogP contribution in [0.3, 0.4) is 0 Å². The Hall–Kier alpha value is -1.13. The van der Waals surface area contributed by atoms with Crippen LogP contribution in [0.1, 0.15) is 28.7 Å². The number of ketones is 1. The van der Waals surface area contributed by atoms with E-state index < -0.39 is 0 Å². The molecule has 0 bridgehead atoms. The first-order chi connectivity index (χ1) is 7.45. The van der Waals surface area contributed by atoms with E-state index in [0.717, 1.165) is 17.0 Å². The highest BCUT2D eigenvalue weighted by molar-refractivity contribution is 5.98. The van der Waals surface area contributed by atoms with Crippen LogP contribution in [0.5, 0.6) is 0 Å². The predicted molar refractivity (Wildman–Crippen MR) is 63.8 cm³/mol. The minimum Gasteiger partial charge on any atom is -0.395 e. The number of H-pyrrole nitrogens is 1. The Morgan fingerprint density at radius 1 is 1.56 bits per heavy atom. The molecule has 0 radical (unpaired) electrons. The lowest BCUT2D eigenvalue weighted by molar-refractivity contribution is 0.0890. The van der Waals surface area contributed by atoms with Gasteiger partial charge in [0.15, 0.2) is 5.78 Å². The van der Waals surface area contributed by atoms with Gasteiger partial charge in [-0.05, 0) is 33.9 Å². The summed E-state index contributed by atoms with van der Waals surface area (Å²) in [7, 11) is 1.84. The Bertz CT molecular complexity index is 371. The molecule has 0 fully saturated rings. The molecule has 0 spiro atoms. The SMILES string of the molecule is Cc1cc(C(=O)CN(C)C(C)CO)c(C)[nH]1. The van der Waals surface area contributed by atoms with Gasteiger partial charge in [0.2, 0.25) is 0 Å². The Kier molecular flexibility index (Phi) is 4.26. The van der Waals surface area contributed by atoms with E-state index in [1.165, 1.54) is 0 Å². The maximum atomic E-state index is 12.0. The monoisotopic (exact) mass is 224 g/mol. The molecule has 1 aromatic rings. The zero-order valence-electron chi connectivity index (χ0n) is 10.4. The number of carbonyl (C=O) groups is 1. The normalized spacial score (nSPS) is 13.1. The smallest absolute Gasteiger partial charge is 0.178 e. The summed E-state index contributed by atoms with van der Waals surface area (Å²) in [6, 6.07) is 1.87. The molecule has 0 aliphatic heterocycles. The zero-order chi connectivity index (χ0) is 12.3. The van der Waals surface area contributed by atoms with E-state index in [9.17, 15) is 4.79 Å². The average Bonchev–Trinajstić information content (AvgIpc) is 2.56. The molecule has 1 unspecified atom stereocenters. The van der Waals surface area contributed by atoms with Crippen molar-refractivity contribution >= 4 is 5.78 Å². The van der Waals surface area contributed by atoms with Crippen LogP contribution >= 0.6 is 0 Å². The molecule has 0 aromatic carbocycles. The Morgan fingerprint density at radius 3 is 2.62 bits per heavy atom. The Morgan fingerprint density at radius 2 is 2.19 bits per heavy atom. The van der Waals surface area contributed by atoms with Gasteiger partial charge in [0, 0.05) is 23.0 Å². The molecule has 0 amide bonds. The van der Waals surface area contributed by atoms with Gasteiger partial charge in [0.05, 0.1) is 13.2 Å². The summed E-state index contributed by atoms with van der Waals surface area (Å²) < 4.78 is 0. The number of aryl methyl sites for hydroxylation is 2. The minimum absolute atomic E-state index is 0.00398. The van der Waals surface area contributed by atoms with Crippen molar-refractivity contribution in [3.8, 4) is 0 Å². The minimum atomic E-state index is 0.00398. The van der Waals surface area contributed by atoms with Gasteiger partial charge in [-0.3, -0.25) is 9.69 Å². The van der Waals surface area contributed by atoms with Crippen LogP contribution in [0, 0.1) is 13.8 Å². The third-order valence-electron chi connectivity index (χ3n) is 2.86. The quantitative estimate of drug-likeness (QED) is 0.737. The zero-order valence-corrected chi connectivity index (χ0v) is 10.4. The van der Waals surface area contributed by atoms with Crippen molar-refractivity contribution in [1.29, 1.82) is 0 Å². The summed E-state index contributed by atoms with van der Waals surface area (Å²) in [6.45, 7) is 6.12. The average molecular weight is 224 g/mol. The fourth-order valence-corrected chi connectivity index (χ4v) is 1.62. The van der Waals surface area contributed by atoms with E-state index in [4.69, 9.17) is 5.11 Å². The molecule has 16 heavy (non-hydrogen) atoms. The number of aromatic nitrogens is 1. The van der Waals surface area contributed by atoms with Gasteiger partial charge in [-0.2, -0.15) is 0 Å². The molecule has 90 valence electrons. The first-order valence-electron chi connectivity index (χ1n) is 5.46. The second-order valence-corrected chi connectivity index (χ2v) is 4.36. The van der Waals surface area contributed by atoms with E-state index in [2.05, 4.69) is 4.98 Å². The predicted octanol–water partition coefficient (Wildman–Crippen LogP) is 1.13. The van der Waals surface area contributed by atoms with Crippen molar-refractivity contribution in [2.45, 2.75) is 26.8 Å². The fraction of sp³-hybridized carbons (Fsp3) is 0.583. The molecule has 1 aromatic heterocycles. The molecule has 1 atom stereocenters. The number of Topliss-reactive ketones (excluding diaryl/α,β-unsaturated/α-hetero) is 1. The number of nitrogens with zero attached hydrogens (tertiary/aromatic N) is 1. The van der Waals surface area contributed by atoms with Gasteiger partial charge in [-0.15, -0.1) is 0 Å². The van der Waals surface area contributed by atoms with Crippen molar-refractivity contribution < 1.29 is 9.90 Å². The summed E-state index contributed by atoms with van der Waals surface area (Å²) in [6.07, 6.45) is 0. The molecule has 1 heterocycles. The number of aromatic amines is 1. The van der Waals surface area contributed by atoms with Crippen molar-refractivity contribution in [3.05, 3.63) is 23.0 Å². The molecular weight excluding hydrogens is 204 g/mol. The second kappa shape index (κ2) is 5.27. The lowest BCUT2D eigenvalue weighted by Gasteiger charge is -2.21. The first kappa shape index (κ1) is 12.9. The molecule has 0 aliphatic rings. The highest BCUT2D eigenvalue weighted by atomic mass is 16.3. The van der Waals surface area contributed by atoms with Crippen molar-refractivity contribution in [2.75, 3.05) is 20.2 Å². The lowest BCUT2D eigenvalue weighted by atomic mass is 10.1. The molecule has 2 N–H and O–H groups in total. The summed E-state index contributed by atoms with van der Waals surface area (Å²) in [5.74, 6) is 0.0876. The van der Waals surface area contributed by atoms with E-state index in [-0.39, 0.29) is 18.4 Å². The van der Waals surface area contributed by atoms with Gasteiger partial charge in [0.1, 0.15) is 0 Å². The van der Waals surface area contributed by atoms with E-state index in [0.29, 0.717) is 6.54 Å². The summed E-state index contributed by atoms with van der Waals surface area (Å²) >= 11 is 0. The highest BCUT2D eigenvalue weighted by Gasteiger charge is 2.16. The second-order valence-electron chi connectivity index (χ2n) is 4.36. The molecule has 1 rings (SSSR count). The Labute approximate surface area is 96.3 Å². The maximum absolute atomic E-state index is 12.0. The molecule has 0 saturated carbocycles. The van der Waals surface area contributed by atoms with Crippen LogP contribution in [0.4, 0.5) is 0 Å². The summed E-state index contributed by atoms with van der Waals surface area (Å²) in [5.41, 5.74) is 2.65. The Balaban J connectivity index is 2.69. The molecule has 4 heteroatoms. The van der Waals surface area contributed by atoms with Crippen LogP contribution in [-0.2, 0) is 0 Å². The summed E-state index contributed by atoms with van der Waals surface area (Å²) in [4.78, 5) is 16.9. The van der Waals surface area contributed by atoms with E-state index in [1.807, 2.05) is 38.8 Å². The van der Waals surface area contributed by atoms with Gasteiger partial charge in [-0.25, -0.2) is 0 Å². The standard InChI is InChI=1S/C12H20N2O2/c1-8-5-11(10(3)13-8)12(16)6-14(4)9(2)7-15/h5,9,13,15H,6-7H2,1-4H3. The van der Waals surface area contributed by atoms with Crippen LogP contribution in [0.25, 0.3) is 0 Å². The topological polar surface area (TPSA) is 56.3 Å². The number of carbonyl (C=O) groups excluding carboxylic acids is 1. The first-order valence-corrected chi connectivity index (χ1v) is 5.46.